The van der Waals surface area contributed by atoms with Crippen molar-refractivity contribution in [2.24, 2.45) is 17.8 Å². The van der Waals surface area contributed by atoms with Crippen LogP contribution in [0.1, 0.15) is 82.1 Å². The van der Waals surface area contributed by atoms with Crippen molar-refractivity contribution in [3.8, 4) is 0 Å². The maximum Gasteiger partial charge on any atom is 0.0315 e. The van der Waals surface area contributed by atoms with E-state index in [4.69, 9.17) is 0 Å². The van der Waals surface area contributed by atoms with Crippen LogP contribution in [-0.4, -0.2) is 17.0 Å². The van der Waals surface area contributed by atoms with Crippen LogP contribution < -0.4 is 0 Å². The zero-order valence-corrected chi connectivity index (χ0v) is 15.7. The molecular weight excluding hydrogens is 242 g/mol. The van der Waals surface area contributed by atoms with Gasteiger partial charge < -0.3 is 4.90 Å². The van der Waals surface area contributed by atoms with Gasteiger partial charge in [-0.25, -0.2) is 0 Å². The molecule has 0 saturated heterocycles. The maximum absolute atomic E-state index is 2.73. The van der Waals surface area contributed by atoms with Crippen molar-refractivity contribution in [1.82, 2.24) is 4.90 Å². The van der Waals surface area contributed by atoms with Gasteiger partial charge in [0.25, 0.3) is 0 Å². The number of hydrogen-bond donors (Lipinski definition) is 0. The summed E-state index contributed by atoms with van der Waals surface area (Å²) in [5.41, 5.74) is 3.35. The highest BCUT2D eigenvalue weighted by atomic mass is 15.2. The van der Waals surface area contributed by atoms with Crippen molar-refractivity contribution in [3.63, 3.8) is 0 Å². The number of rotatable bonds is 4. The summed E-state index contributed by atoms with van der Waals surface area (Å²) >= 11 is 0. The lowest BCUT2D eigenvalue weighted by atomic mass is 9.81. The molecule has 1 heteroatoms. The molecule has 0 aromatic heterocycles. The summed E-state index contributed by atoms with van der Waals surface area (Å²) in [7, 11) is 0. The van der Waals surface area contributed by atoms with Gasteiger partial charge in [-0.05, 0) is 50.0 Å². The van der Waals surface area contributed by atoms with Crippen LogP contribution >= 0.6 is 0 Å². The van der Waals surface area contributed by atoms with Gasteiger partial charge in [0.2, 0.25) is 0 Å². The van der Waals surface area contributed by atoms with Crippen LogP contribution in [0.4, 0.5) is 0 Å². The van der Waals surface area contributed by atoms with E-state index in [2.05, 4.69) is 60.3 Å². The Balaban J connectivity index is 0.00000172. The minimum atomic E-state index is 0.615. The third-order valence-corrected chi connectivity index (χ3v) is 4.24. The summed E-state index contributed by atoms with van der Waals surface area (Å²) in [5, 5.41) is 0. The average Bonchev–Trinajstić information content (AvgIpc) is 2.38. The van der Waals surface area contributed by atoms with Crippen LogP contribution in [0, 0.1) is 17.8 Å². The largest absolute Gasteiger partial charge is 0.369 e. The molecule has 0 amide bonds. The van der Waals surface area contributed by atoms with Crippen molar-refractivity contribution < 1.29 is 0 Å². The Kier molecular flexibility index (Phi) is 8.54. The molecule has 1 aliphatic heterocycles. The number of nitrogens with zero attached hydrogens (tertiary/aromatic N) is 1. The van der Waals surface area contributed by atoms with Crippen molar-refractivity contribution in [1.29, 1.82) is 0 Å². The van der Waals surface area contributed by atoms with E-state index in [1.165, 1.54) is 12.8 Å². The fourth-order valence-electron chi connectivity index (χ4n) is 3.48. The summed E-state index contributed by atoms with van der Waals surface area (Å²) in [5.74, 6) is 2.08. The molecule has 0 N–H and O–H groups in total. The molecule has 0 fully saturated rings. The maximum atomic E-state index is 2.73. The van der Waals surface area contributed by atoms with Gasteiger partial charge in [-0.2, -0.15) is 0 Å². The number of hydrogen-bond acceptors (Lipinski definition) is 1. The molecule has 1 heterocycles. The van der Waals surface area contributed by atoms with Gasteiger partial charge >= 0.3 is 0 Å². The van der Waals surface area contributed by atoms with E-state index in [0.717, 1.165) is 12.0 Å². The molecule has 1 nitrogen and oxygen atoms in total. The van der Waals surface area contributed by atoms with Crippen LogP contribution in [0.3, 0.4) is 0 Å². The summed E-state index contributed by atoms with van der Waals surface area (Å²) in [6.45, 7) is 22.9. The normalized spacial score (nSPS) is 20.1. The summed E-state index contributed by atoms with van der Waals surface area (Å²) in [6.07, 6.45) is 2.64. The molecule has 20 heavy (non-hydrogen) atoms. The predicted octanol–water partition coefficient (Wildman–Crippen LogP) is 6.11. The standard InChI is InChI=1S/C17H33N.C2H6/c1-11(2)15-9-10-16(12(3)4)18(14(7)8)17(15)13(5)6;1-2/h11-14,16H,9-10H2,1-8H3;1-2H3. The van der Waals surface area contributed by atoms with E-state index < -0.39 is 0 Å². The summed E-state index contributed by atoms with van der Waals surface area (Å²) in [6, 6.07) is 1.34. The number of allylic oxidation sites excluding steroid dienone is 2. The quantitative estimate of drug-likeness (QED) is 0.601. The van der Waals surface area contributed by atoms with Gasteiger partial charge in [-0.15, -0.1) is 0 Å². The second kappa shape index (κ2) is 8.74. The highest BCUT2D eigenvalue weighted by Crippen LogP contribution is 2.38. The third-order valence-electron chi connectivity index (χ3n) is 4.24. The van der Waals surface area contributed by atoms with E-state index >= 15 is 0 Å². The fourth-order valence-corrected chi connectivity index (χ4v) is 3.48. The van der Waals surface area contributed by atoms with Crippen molar-refractivity contribution in [2.75, 3.05) is 0 Å². The van der Waals surface area contributed by atoms with E-state index in [1.54, 1.807) is 11.3 Å². The van der Waals surface area contributed by atoms with Crippen molar-refractivity contribution in [3.05, 3.63) is 11.3 Å². The zero-order valence-electron chi connectivity index (χ0n) is 15.7. The highest BCUT2D eigenvalue weighted by Gasteiger charge is 2.33. The van der Waals surface area contributed by atoms with Crippen molar-refractivity contribution >= 4 is 0 Å². The smallest absolute Gasteiger partial charge is 0.0315 e. The van der Waals surface area contributed by atoms with E-state index in [-0.39, 0.29) is 0 Å². The molecule has 0 aliphatic carbocycles. The minimum Gasteiger partial charge on any atom is -0.369 e. The molecule has 0 aromatic carbocycles. The Hall–Kier alpha value is -0.460. The molecule has 0 bridgehead atoms. The van der Waals surface area contributed by atoms with Gasteiger partial charge in [-0.1, -0.05) is 55.4 Å². The SMILES string of the molecule is CC.CC(C)C1=C(C(C)C)N(C(C)C)C(C(C)C)CC1. The molecule has 0 radical (unpaired) electrons. The third kappa shape index (κ3) is 4.53. The molecule has 120 valence electrons. The molecule has 1 atom stereocenters. The Bertz CT molecular complexity index is 297. The molecule has 1 rings (SSSR count). The lowest BCUT2D eigenvalue weighted by Gasteiger charge is -2.47. The van der Waals surface area contributed by atoms with Gasteiger partial charge in [0.1, 0.15) is 0 Å². The first kappa shape index (κ1) is 19.5. The minimum absolute atomic E-state index is 0.615. The molecular formula is C19H39N. The predicted molar refractivity (Wildman–Crippen MR) is 92.9 cm³/mol. The van der Waals surface area contributed by atoms with Gasteiger partial charge in [-0.3, -0.25) is 0 Å². The fraction of sp³-hybridized carbons (Fsp3) is 0.895. The van der Waals surface area contributed by atoms with Crippen molar-refractivity contribution in [2.45, 2.75) is 94.2 Å². The van der Waals surface area contributed by atoms with E-state index in [1.807, 2.05) is 13.8 Å². The topological polar surface area (TPSA) is 3.24 Å². The molecule has 1 aliphatic rings. The van der Waals surface area contributed by atoms with Crippen LogP contribution in [0.2, 0.25) is 0 Å². The molecule has 0 saturated carbocycles. The van der Waals surface area contributed by atoms with Crippen LogP contribution in [0.5, 0.6) is 0 Å². The molecule has 1 unspecified atom stereocenters. The van der Waals surface area contributed by atoms with Crippen LogP contribution in [0.15, 0.2) is 11.3 Å². The highest BCUT2D eigenvalue weighted by molar-refractivity contribution is 5.22. The first-order valence-corrected chi connectivity index (χ1v) is 8.78. The van der Waals surface area contributed by atoms with Crippen LogP contribution in [-0.2, 0) is 0 Å². The summed E-state index contributed by atoms with van der Waals surface area (Å²) < 4.78 is 0. The Labute approximate surface area is 128 Å². The van der Waals surface area contributed by atoms with E-state index in [0.29, 0.717) is 17.9 Å². The molecule has 0 aromatic rings. The monoisotopic (exact) mass is 281 g/mol. The first-order chi connectivity index (χ1) is 9.27. The lowest BCUT2D eigenvalue weighted by Crippen LogP contribution is -2.47. The Morgan fingerprint density at radius 3 is 1.65 bits per heavy atom. The second-order valence-corrected chi connectivity index (χ2v) is 7.07. The lowest BCUT2D eigenvalue weighted by molar-refractivity contribution is 0.121. The average molecular weight is 282 g/mol. The Morgan fingerprint density at radius 2 is 1.35 bits per heavy atom. The first-order valence-electron chi connectivity index (χ1n) is 8.78. The van der Waals surface area contributed by atoms with Gasteiger partial charge in [0.05, 0.1) is 0 Å². The van der Waals surface area contributed by atoms with Crippen LogP contribution in [0.25, 0.3) is 0 Å². The van der Waals surface area contributed by atoms with E-state index in [9.17, 15) is 0 Å². The molecule has 0 spiro atoms. The summed E-state index contributed by atoms with van der Waals surface area (Å²) in [4.78, 5) is 2.73. The second-order valence-electron chi connectivity index (χ2n) is 7.07. The van der Waals surface area contributed by atoms with Gasteiger partial charge in [0.15, 0.2) is 0 Å². The van der Waals surface area contributed by atoms with Gasteiger partial charge in [0, 0.05) is 17.8 Å². The zero-order chi connectivity index (χ0) is 16.0. The Morgan fingerprint density at radius 1 is 0.850 bits per heavy atom.